The fraction of sp³-hybridized carbons (Fsp3) is 0.133. The van der Waals surface area contributed by atoms with E-state index in [0.29, 0.717) is 17.8 Å². The van der Waals surface area contributed by atoms with E-state index >= 15 is 0 Å². The Morgan fingerprint density at radius 2 is 1.41 bits per heavy atom. The Hall–Kier alpha value is -4.78. The van der Waals surface area contributed by atoms with Gasteiger partial charge in [0.15, 0.2) is 0 Å². The molecule has 0 aromatic heterocycles. The minimum atomic E-state index is -1.66. The maximum atomic E-state index is 13.2. The zero-order valence-electron chi connectivity index (χ0n) is 20.3. The fourth-order valence-electron chi connectivity index (χ4n) is 4.11. The molecule has 0 spiro atoms. The third-order valence-electron chi connectivity index (χ3n) is 6.02. The molecule has 4 aromatic carbocycles. The molecule has 2 amide bonds. The molecular formula is C30H26N2O5. The molecule has 0 saturated heterocycles. The van der Waals surface area contributed by atoms with Gasteiger partial charge in [-0.2, -0.15) is 0 Å². The second-order valence-electron chi connectivity index (χ2n) is 8.76. The third-order valence-corrected chi connectivity index (χ3v) is 6.02. The zero-order valence-corrected chi connectivity index (χ0v) is 20.3. The number of ketones is 1. The summed E-state index contributed by atoms with van der Waals surface area (Å²) in [5.74, 6) is -3.75. The van der Waals surface area contributed by atoms with Crippen molar-refractivity contribution in [3.8, 4) is 0 Å². The molecular weight excluding hydrogens is 468 g/mol. The second-order valence-corrected chi connectivity index (χ2v) is 8.76. The normalized spacial score (nSPS) is 10.6. The predicted molar refractivity (Wildman–Crippen MR) is 141 cm³/mol. The van der Waals surface area contributed by atoms with Crippen LogP contribution in [0.15, 0.2) is 97.1 Å². The van der Waals surface area contributed by atoms with Crippen LogP contribution in [-0.4, -0.2) is 40.6 Å². The highest BCUT2D eigenvalue weighted by atomic mass is 16.4. The second kappa shape index (κ2) is 11.3. The molecule has 37 heavy (non-hydrogen) atoms. The first-order valence-corrected chi connectivity index (χ1v) is 11.8. The van der Waals surface area contributed by atoms with E-state index in [1.165, 1.54) is 4.90 Å². The standard InChI is InChI=1S/C30H26N2O5/c1-31(19-21-8-3-2-4-9-21)29(35)25-12-7-13-26(17-25)32(28(34)18-27(33)30(36)37)20-22-14-15-23-10-5-6-11-24(23)16-22/h2-17H,18-20H2,1H3,(H,36,37). The number of fused-ring (bicyclic) bond motifs is 1. The first-order valence-electron chi connectivity index (χ1n) is 11.8. The number of Topliss-reactive ketones (excluding diaryl/α,β-unsaturated/α-hetero) is 1. The van der Waals surface area contributed by atoms with Crippen molar-refractivity contribution >= 4 is 40.0 Å². The van der Waals surface area contributed by atoms with E-state index in [9.17, 15) is 19.2 Å². The van der Waals surface area contributed by atoms with E-state index < -0.39 is 24.1 Å². The van der Waals surface area contributed by atoms with E-state index in [1.54, 1.807) is 36.2 Å². The minimum Gasteiger partial charge on any atom is -0.475 e. The summed E-state index contributed by atoms with van der Waals surface area (Å²) in [6.45, 7) is 0.519. The van der Waals surface area contributed by atoms with Gasteiger partial charge < -0.3 is 14.9 Å². The molecule has 7 nitrogen and oxygen atoms in total. The van der Waals surface area contributed by atoms with Gasteiger partial charge in [-0.25, -0.2) is 4.79 Å². The van der Waals surface area contributed by atoms with E-state index in [0.717, 1.165) is 21.9 Å². The molecule has 0 aliphatic carbocycles. The first kappa shape index (κ1) is 25.3. The lowest BCUT2D eigenvalue weighted by molar-refractivity contribution is -0.150. The Balaban J connectivity index is 1.63. The number of carboxylic acids is 1. The molecule has 4 rings (SSSR count). The number of nitrogens with zero attached hydrogens (tertiary/aromatic N) is 2. The fourth-order valence-corrected chi connectivity index (χ4v) is 4.11. The van der Waals surface area contributed by atoms with Crippen LogP contribution in [0.3, 0.4) is 0 Å². The summed E-state index contributed by atoms with van der Waals surface area (Å²) in [6.07, 6.45) is -0.783. The highest BCUT2D eigenvalue weighted by Gasteiger charge is 2.24. The van der Waals surface area contributed by atoms with E-state index in [-0.39, 0.29) is 12.5 Å². The van der Waals surface area contributed by atoms with Crippen LogP contribution in [0.25, 0.3) is 10.8 Å². The van der Waals surface area contributed by atoms with Gasteiger partial charge in [-0.15, -0.1) is 0 Å². The Kier molecular flexibility index (Phi) is 7.74. The number of aliphatic carboxylic acids is 1. The first-order chi connectivity index (χ1) is 17.8. The van der Waals surface area contributed by atoms with Crippen LogP contribution in [0, 0.1) is 0 Å². The van der Waals surface area contributed by atoms with Crippen molar-refractivity contribution in [2.75, 3.05) is 11.9 Å². The van der Waals surface area contributed by atoms with Gasteiger partial charge in [-0.1, -0.05) is 72.8 Å². The zero-order chi connectivity index (χ0) is 26.4. The molecule has 186 valence electrons. The largest absolute Gasteiger partial charge is 0.475 e. The number of carbonyl (C=O) groups is 4. The average Bonchev–Trinajstić information content (AvgIpc) is 2.91. The van der Waals surface area contributed by atoms with Crippen LogP contribution in [0.1, 0.15) is 27.9 Å². The van der Waals surface area contributed by atoms with Gasteiger partial charge in [0.1, 0.15) is 0 Å². The van der Waals surface area contributed by atoms with Crippen molar-refractivity contribution < 1.29 is 24.3 Å². The van der Waals surface area contributed by atoms with Gasteiger partial charge in [0.05, 0.1) is 13.0 Å². The SMILES string of the molecule is CN(Cc1ccccc1)C(=O)c1cccc(N(Cc2ccc3ccccc3c2)C(=O)CC(=O)C(=O)O)c1. The molecule has 1 N–H and O–H groups in total. The van der Waals surface area contributed by atoms with E-state index in [4.69, 9.17) is 5.11 Å². The number of carbonyl (C=O) groups excluding carboxylic acids is 3. The van der Waals surface area contributed by atoms with Gasteiger partial charge in [0.2, 0.25) is 11.7 Å². The lowest BCUT2D eigenvalue weighted by Gasteiger charge is -2.24. The number of benzene rings is 4. The van der Waals surface area contributed by atoms with Crippen molar-refractivity contribution in [2.45, 2.75) is 19.5 Å². The topological polar surface area (TPSA) is 95.0 Å². The maximum Gasteiger partial charge on any atom is 0.372 e. The molecule has 4 aromatic rings. The molecule has 0 fully saturated rings. The third kappa shape index (κ3) is 6.27. The number of hydrogen-bond donors (Lipinski definition) is 1. The molecule has 0 aliphatic heterocycles. The highest BCUT2D eigenvalue weighted by molar-refractivity contribution is 6.36. The molecule has 0 aliphatic rings. The Morgan fingerprint density at radius 3 is 2.14 bits per heavy atom. The highest BCUT2D eigenvalue weighted by Crippen LogP contribution is 2.23. The summed E-state index contributed by atoms with van der Waals surface area (Å²) < 4.78 is 0. The van der Waals surface area contributed by atoms with Crippen molar-refractivity contribution in [3.63, 3.8) is 0 Å². The lowest BCUT2D eigenvalue weighted by Crippen LogP contribution is -2.34. The van der Waals surface area contributed by atoms with Crippen molar-refractivity contribution in [1.82, 2.24) is 4.90 Å². The van der Waals surface area contributed by atoms with E-state index in [1.807, 2.05) is 72.8 Å². The van der Waals surface area contributed by atoms with Crippen LogP contribution >= 0.6 is 0 Å². The number of carboxylic acid groups (broad SMARTS) is 1. The number of rotatable bonds is 9. The van der Waals surface area contributed by atoms with Gasteiger partial charge in [0, 0.05) is 24.8 Å². The van der Waals surface area contributed by atoms with Gasteiger partial charge in [-0.3, -0.25) is 14.4 Å². The Labute approximate surface area is 214 Å². The van der Waals surface area contributed by atoms with Crippen molar-refractivity contribution in [1.29, 1.82) is 0 Å². The quantitative estimate of drug-likeness (QED) is 0.269. The summed E-state index contributed by atoms with van der Waals surface area (Å²) in [7, 11) is 1.70. The van der Waals surface area contributed by atoms with Gasteiger partial charge in [-0.05, 0) is 46.2 Å². The van der Waals surface area contributed by atoms with Crippen LogP contribution in [0.4, 0.5) is 5.69 Å². The molecule has 0 heterocycles. The average molecular weight is 495 g/mol. The summed E-state index contributed by atoms with van der Waals surface area (Å²) >= 11 is 0. The maximum absolute atomic E-state index is 13.2. The van der Waals surface area contributed by atoms with Crippen molar-refractivity contribution in [3.05, 3.63) is 114 Å². The van der Waals surface area contributed by atoms with Gasteiger partial charge in [0.25, 0.3) is 5.91 Å². The van der Waals surface area contributed by atoms with E-state index in [2.05, 4.69) is 0 Å². The molecule has 0 saturated carbocycles. The molecule has 0 bridgehead atoms. The van der Waals surface area contributed by atoms with Crippen LogP contribution in [0.2, 0.25) is 0 Å². The molecule has 0 unspecified atom stereocenters. The molecule has 0 atom stereocenters. The summed E-state index contributed by atoms with van der Waals surface area (Å²) in [5, 5.41) is 11.0. The number of hydrogen-bond acceptors (Lipinski definition) is 4. The summed E-state index contributed by atoms with van der Waals surface area (Å²) in [6, 6.07) is 29.7. The Morgan fingerprint density at radius 1 is 0.703 bits per heavy atom. The molecule has 0 radical (unpaired) electrons. The minimum absolute atomic E-state index is 0.105. The Bertz CT molecular complexity index is 1470. The number of amides is 2. The lowest BCUT2D eigenvalue weighted by atomic mass is 10.1. The van der Waals surface area contributed by atoms with Crippen LogP contribution in [0.5, 0.6) is 0 Å². The summed E-state index contributed by atoms with van der Waals surface area (Å²) in [4.78, 5) is 52.2. The predicted octanol–water partition coefficient (Wildman–Crippen LogP) is 4.69. The summed E-state index contributed by atoms with van der Waals surface area (Å²) in [5.41, 5.74) is 2.55. The van der Waals surface area contributed by atoms with Gasteiger partial charge >= 0.3 is 5.97 Å². The van der Waals surface area contributed by atoms with Crippen LogP contribution < -0.4 is 4.90 Å². The van der Waals surface area contributed by atoms with Crippen molar-refractivity contribution in [2.24, 2.45) is 0 Å². The molecule has 7 heteroatoms. The number of anilines is 1. The van der Waals surface area contributed by atoms with Crippen LogP contribution in [-0.2, 0) is 27.5 Å². The monoisotopic (exact) mass is 494 g/mol. The smallest absolute Gasteiger partial charge is 0.372 e.